The second kappa shape index (κ2) is 11.9. The summed E-state index contributed by atoms with van der Waals surface area (Å²) in [4.78, 5) is 25.7. The topological polar surface area (TPSA) is 77.8 Å². The highest BCUT2D eigenvalue weighted by Crippen LogP contribution is 2.35. The van der Waals surface area contributed by atoms with Crippen molar-refractivity contribution in [1.29, 1.82) is 0 Å². The molecule has 39 heavy (non-hydrogen) atoms. The van der Waals surface area contributed by atoms with Crippen molar-refractivity contribution in [1.82, 2.24) is 0 Å². The van der Waals surface area contributed by atoms with Gasteiger partial charge >= 0.3 is 5.97 Å². The van der Waals surface area contributed by atoms with E-state index in [0.717, 1.165) is 22.3 Å². The third kappa shape index (κ3) is 6.30. The van der Waals surface area contributed by atoms with Crippen LogP contribution in [0.2, 0.25) is 5.02 Å². The Morgan fingerprint density at radius 2 is 1.56 bits per heavy atom. The quantitative estimate of drug-likeness (QED) is 0.194. The number of esters is 1. The molecular weight excluding hydrogens is 514 g/mol. The number of halogens is 1. The van der Waals surface area contributed by atoms with Gasteiger partial charge in [0.25, 0.3) is 0 Å². The third-order valence-electron chi connectivity index (χ3n) is 6.13. The fourth-order valence-electron chi connectivity index (χ4n) is 4.20. The second-order valence-corrected chi connectivity index (χ2v) is 9.32. The van der Waals surface area contributed by atoms with Crippen LogP contribution in [0.1, 0.15) is 28.6 Å². The smallest absolute Gasteiger partial charge is 0.376 e. The van der Waals surface area contributed by atoms with Crippen LogP contribution in [0.15, 0.2) is 101 Å². The lowest BCUT2D eigenvalue weighted by Crippen LogP contribution is -2.16. The van der Waals surface area contributed by atoms with E-state index < -0.39 is 5.97 Å². The van der Waals surface area contributed by atoms with Crippen molar-refractivity contribution in [2.45, 2.75) is 20.0 Å². The lowest BCUT2D eigenvalue weighted by molar-refractivity contribution is -0.115. The molecule has 0 spiro atoms. The predicted octanol–water partition coefficient (Wildman–Crippen LogP) is 7.69. The lowest BCUT2D eigenvalue weighted by atomic mass is 10.0. The molecule has 0 unspecified atom stereocenters. The molecule has 1 aromatic heterocycles. The average Bonchev–Trinajstić information content (AvgIpc) is 3.31. The van der Waals surface area contributed by atoms with E-state index >= 15 is 0 Å². The number of anilines is 1. The number of benzene rings is 4. The summed E-state index contributed by atoms with van der Waals surface area (Å²) in [6.07, 6.45) is 0.108. The van der Waals surface area contributed by atoms with Gasteiger partial charge in [0.1, 0.15) is 23.6 Å². The van der Waals surface area contributed by atoms with E-state index in [2.05, 4.69) is 5.32 Å². The van der Waals surface area contributed by atoms with Crippen LogP contribution in [-0.2, 0) is 22.6 Å². The summed E-state index contributed by atoms with van der Waals surface area (Å²) in [6.45, 7) is 2.35. The van der Waals surface area contributed by atoms with Crippen molar-refractivity contribution in [3.8, 4) is 16.9 Å². The Hall–Kier alpha value is -4.55. The Morgan fingerprint density at radius 1 is 0.846 bits per heavy atom. The van der Waals surface area contributed by atoms with Gasteiger partial charge in [-0.15, -0.1) is 0 Å². The van der Waals surface area contributed by atoms with Crippen LogP contribution >= 0.6 is 11.6 Å². The molecular formula is C32H26ClNO5. The Labute approximate surface area is 231 Å². The van der Waals surface area contributed by atoms with Gasteiger partial charge in [-0.05, 0) is 65.6 Å². The molecule has 0 fully saturated rings. The summed E-state index contributed by atoms with van der Waals surface area (Å²) in [7, 11) is 0. The summed E-state index contributed by atoms with van der Waals surface area (Å²) in [5.74, 6) is -0.261. The maximum Gasteiger partial charge on any atom is 0.376 e. The number of furan rings is 1. The number of carbonyl (C=O) groups is 2. The van der Waals surface area contributed by atoms with E-state index in [1.165, 1.54) is 0 Å². The van der Waals surface area contributed by atoms with Gasteiger partial charge in [0.2, 0.25) is 11.7 Å². The van der Waals surface area contributed by atoms with Crippen LogP contribution in [-0.4, -0.2) is 18.5 Å². The van der Waals surface area contributed by atoms with E-state index in [0.29, 0.717) is 34.0 Å². The zero-order valence-electron chi connectivity index (χ0n) is 21.3. The average molecular weight is 540 g/mol. The highest BCUT2D eigenvalue weighted by atomic mass is 35.5. The van der Waals surface area contributed by atoms with E-state index in [9.17, 15) is 9.59 Å². The Balaban J connectivity index is 1.33. The van der Waals surface area contributed by atoms with Gasteiger partial charge < -0.3 is 19.2 Å². The molecule has 0 bridgehead atoms. The number of ether oxygens (including phenoxy) is 2. The Bertz CT molecular complexity index is 1590. The number of nitrogens with one attached hydrogen (secondary N) is 1. The van der Waals surface area contributed by atoms with Gasteiger partial charge in [0.05, 0.1) is 13.0 Å². The fraction of sp³-hybridized carbons (Fsp3) is 0.125. The zero-order valence-corrected chi connectivity index (χ0v) is 22.0. The van der Waals surface area contributed by atoms with Crippen LogP contribution in [0.25, 0.3) is 22.1 Å². The molecule has 0 aliphatic carbocycles. The first-order valence-electron chi connectivity index (χ1n) is 12.6. The van der Waals surface area contributed by atoms with Gasteiger partial charge in [0.15, 0.2) is 0 Å². The minimum atomic E-state index is -0.642. The molecule has 5 rings (SSSR count). The molecule has 0 atom stereocenters. The summed E-state index contributed by atoms with van der Waals surface area (Å²) in [6, 6.07) is 30.2. The number of carbonyl (C=O) groups excluding carboxylic acids is 2. The van der Waals surface area contributed by atoms with Crippen LogP contribution in [0.3, 0.4) is 0 Å². The highest BCUT2D eigenvalue weighted by molar-refractivity contribution is 6.30. The SMILES string of the molecule is CCOC(=O)c1oc2cc(-c3ccc(Cl)cc3)ccc2c1NC(=O)Cc1ccc(OCc2ccccc2)cc1. The van der Waals surface area contributed by atoms with Crippen molar-refractivity contribution in [2.24, 2.45) is 0 Å². The van der Waals surface area contributed by atoms with Gasteiger partial charge in [-0.3, -0.25) is 4.79 Å². The third-order valence-corrected chi connectivity index (χ3v) is 6.38. The Kier molecular flexibility index (Phi) is 7.94. The van der Waals surface area contributed by atoms with Crippen molar-refractivity contribution in [3.63, 3.8) is 0 Å². The van der Waals surface area contributed by atoms with E-state index in [1.54, 1.807) is 19.1 Å². The number of fused-ring (bicyclic) bond motifs is 1. The normalized spacial score (nSPS) is 10.8. The molecule has 0 radical (unpaired) electrons. The van der Waals surface area contributed by atoms with E-state index in [4.69, 9.17) is 25.5 Å². The molecule has 1 N–H and O–H groups in total. The van der Waals surface area contributed by atoms with Crippen LogP contribution in [0.4, 0.5) is 5.69 Å². The number of hydrogen-bond acceptors (Lipinski definition) is 5. The molecule has 1 amide bonds. The van der Waals surface area contributed by atoms with Gasteiger partial charge in [-0.1, -0.05) is 72.3 Å². The first-order chi connectivity index (χ1) is 19.0. The van der Waals surface area contributed by atoms with Gasteiger partial charge in [0, 0.05) is 10.4 Å². The van der Waals surface area contributed by atoms with Gasteiger partial charge in [-0.2, -0.15) is 0 Å². The van der Waals surface area contributed by atoms with Crippen molar-refractivity contribution >= 4 is 40.1 Å². The van der Waals surface area contributed by atoms with Crippen LogP contribution < -0.4 is 10.1 Å². The second-order valence-electron chi connectivity index (χ2n) is 8.89. The summed E-state index contributed by atoms with van der Waals surface area (Å²) in [5.41, 5.74) is 4.45. The first-order valence-corrected chi connectivity index (χ1v) is 12.9. The van der Waals surface area contributed by atoms with Gasteiger partial charge in [-0.25, -0.2) is 4.79 Å². The molecule has 0 saturated heterocycles. The van der Waals surface area contributed by atoms with Crippen molar-refractivity contribution in [3.05, 3.63) is 119 Å². The molecule has 4 aromatic carbocycles. The summed E-state index contributed by atoms with van der Waals surface area (Å²) >= 11 is 6.02. The minimum absolute atomic E-state index is 0.0434. The largest absolute Gasteiger partial charge is 0.489 e. The zero-order chi connectivity index (χ0) is 27.2. The monoisotopic (exact) mass is 539 g/mol. The van der Waals surface area contributed by atoms with E-state index in [-0.39, 0.29) is 24.7 Å². The molecule has 5 aromatic rings. The van der Waals surface area contributed by atoms with E-state index in [1.807, 2.05) is 84.9 Å². The Morgan fingerprint density at radius 3 is 2.28 bits per heavy atom. The van der Waals surface area contributed by atoms with Crippen LogP contribution in [0.5, 0.6) is 5.75 Å². The number of amides is 1. The molecule has 6 nitrogen and oxygen atoms in total. The summed E-state index contributed by atoms with van der Waals surface area (Å²) < 4.78 is 16.9. The highest BCUT2D eigenvalue weighted by Gasteiger charge is 2.24. The summed E-state index contributed by atoms with van der Waals surface area (Å²) in [5, 5.41) is 4.11. The lowest BCUT2D eigenvalue weighted by Gasteiger charge is -2.09. The minimum Gasteiger partial charge on any atom is -0.489 e. The molecule has 196 valence electrons. The standard InChI is InChI=1S/C32H26ClNO5/c1-2-37-32(36)31-30(27-17-12-24(19-28(27)39-31)23-10-13-25(33)14-11-23)34-29(35)18-21-8-15-26(16-9-21)38-20-22-6-4-3-5-7-22/h3-17,19H,2,18,20H2,1H3,(H,34,35). The maximum absolute atomic E-state index is 13.0. The van der Waals surface area contributed by atoms with Crippen molar-refractivity contribution in [2.75, 3.05) is 11.9 Å². The fourth-order valence-corrected chi connectivity index (χ4v) is 4.32. The maximum atomic E-state index is 13.0. The molecule has 0 saturated carbocycles. The predicted molar refractivity (Wildman–Crippen MR) is 152 cm³/mol. The molecule has 0 aliphatic rings. The number of hydrogen-bond donors (Lipinski definition) is 1. The van der Waals surface area contributed by atoms with Crippen molar-refractivity contribution < 1.29 is 23.5 Å². The molecule has 0 aliphatic heterocycles. The van der Waals surface area contributed by atoms with Crippen LogP contribution in [0, 0.1) is 0 Å². The molecule has 7 heteroatoms. The first kappa shape index (κ1) is 26.1. The number of rotatable bonds is 9. The molecule has 1 heterocycles.